The molecule has 6 nitrogen and oxygen atoms in total. The Hall–Kier alpha value is -0.860. The van der Waals surface area contributed by atoms with Crippen molar-refractivity contribution >= 4 is 39.2 Å². The Morgan fingerprint density at radius 3 is 2.50 bits per heavy atom. The maximum Gasteiger partial charge on any atom is 0.332 e. The van der Waals surface area contributed by atoms with E-state index in [2.05, 4.69) is 0 Å². The molecule has 2 rings (SSSR count). The summed E-state index contributed by atoms with van der Waals surface area (Å²) in [5.74, 6) is -0.490. The van der Waals surface area contributed by atoms with E-state index < -0.39 is 21.6 Å². The minimum atomic E-state index is -3.80. The monoisotopic (exact) mass is 423 g/mol. The van der Waals surface area contributed by atoms with Crippen LogP contribution in [-0.4, -0.2) is 50.1 Å². The highest BCUT2D eigenvalue weighted by Gasteiger charge is 2.39. The Morgan fingerprint density at radius 2 is 1.92 bits per heavy atom. The molecule has 146 valence electrons. The summed E-state index contributed by atoms with van der Waals surface area (Å²) in [5, 5.41) is 0.194. The molecule has 0 bridgehead atoms. The molecule has 0 unspecified atom stereocenters. The number of halogens is 2. The summed E-state index contributed by atoms with van der Waals surface area (Å²) in [6, 6.07) is 4.43. The molecule has 1 aliphatic carbocycles. The number of hydrogen-bond donors (Lipinski definition) is 0. The van der Waals surface area contributed by atoms with Gasteiger partial charge >= 0.3 is 5.97 Å². The Kier molecular flexibility index (Phi) is 6.96. The number of benzene rings is 1. The number of nitrogens with zero attached hydrogens (tertiary/aromatic N) is 1. The van der Waals surface area contributed by atoms with Gasteiger partial charge in [0.2, 0.25) is 10.0 Å². The van der Waals surface area contributed by atoms with Gasteiger partial charge in [0.05, 0.1) is 16.7 Å². The quantitative estimate of drug-likeness (QED) is 0.472. The molecule has 0 aromatic heterocycles. The molecule has 0 heterocycles. The van der Waals surface area contributed by atoms with Crippen LogP contribution in [0.5, 0.6) is 0 Å². The number of sulfonamides is 1. The third kappa shape index (κ3) is 5.82. The average molecular weight is 424 g/mol. The zero-order chi connectivity index (χ0) is 19.5. The van der Waals surface area contributed by atoms with Crippen molar-refractivity contribution in [2.45, 2.75) is 50.2 Å². The van der Waals surface area contributed by atoms with Crippen LogP contribution in [0.2, 0.25) is 10.0 Å². The maximum atomic E-state index is 12.9. The van der Waals surface area contributed by atoms with Crippen LogP contribution in [0, 0.1) is 0 Å². The third-order valence-electron chi connectivity index (χ3n) is 3.55. The lowest BCUT2D eigenvalue weighted by Crippen LogP contribution is -2.36. The van der Waals surface area contributed by atoms with Crippen molar-refractivity contribution in [3.63, 3.8) is 0 Å². The average Bonchev–Trinajstić information content (AvgIpc) is 3.32. The van der Waals surface area contributed by atoms with E-state index in [1.807, 2.05) is 0 Å². The highest BCUT2D eigenvalue weighted by Crippen LogP contribution is 2.36. The molecule has 1 aromatic rings. The summed E-state index contributed by atoms with van der Waals surface area (Å²) in [4.78, 5) is 11.6. The molecule has 0 aliphatic heterocycles. The number of rotatable bonds is 8. The van der Waals surface area contributed by atoms with Gasteiger partial charge in [-0.1, -0.05) is 29.3 Å². The van der Waals surface area contributed by atoms with Gasteiger partial charge in [-0.2, -0.15) is 4.31 Å². The number of carbonyl (C=O) groups is 1. The second kappa shape index (κ2) is 8.44. The van der Waals surface area contributed by atoms with Gasteiger partial charge in [0, 0.05) is 12.6 Å². The van der Waals surface area contributed by atoms with Crippen molar-refractivity contribution in [2.75, 3.05) is 19.8 Å². The minimum absolute atomic E-state index is 0.00879. The second-order valence-corrected chi connectivity index (χ2v) is 9.68. The molecule has 1 aromatic carbocycles. The summed E-state index contributed by atoms with van der Waals surface area (Å²) >= 11 is 12.0. The van der Waals surface area contributed by atoms with Gasteiger partial charge in [0.15, 0.2) is 0 Å². The van der Waals surface area contributed by atoms with Gasteiger partial charge in [-0.05, 0) is 45.7 Å². The van der Waals surface area contributed by atoms with E-state index in [1.165, 1.54) is 16.4 Å². The van der Waals surface area contributed by atoms with Crippen molar-refractivity contribution in [3.8, 4) is 0 Å². The Balaban J connectivity index is 1.99. The second-order valence-electron chi connectivity index (χ2n) is 7.04. The summed E-state index contributed by atoms with van der Waals surface area (Å²) in [7, 11) is -3.80. The first-order valence-corrected chi connectivity index (χ1v) is 10.5. The lowest BCUT2D eigenvalue weighted by molar-refractivity contribution is -0.160. The van der Waals surface area contributed by atoms with Crippen LogP contribution < -0.4 is 0 Å². The smallest absolute Gasteiger partial charge is 0.332 e. The molecule has 9 heteroatoms. The van der Waals surface area contributed by atoms with Crippen molar-refractivity contribution < 1.29 is 22.7 Å². The van der Waals surface area contributed by atoms with Crippen molar-refractivity contribution in [2.24, 2.45) is 0 Å². The molecule has 0 amide bonds. The molecular formula is C17H23Cl2NO5S. The first kappa shape index (κ1) is 21.4. The van der Waals surface area contributed by atoms with Gasteiger partial charge in [0.25, 0.3) is 0 Å². The molecule has 0 radical (unpaired) electrons. The number of ether oxygens (including phenoxy) is 2. The van der Waals surface area contributed by atoms with E-state index in [0.717, 1.165) is 12.8 Å². The Bertz CT molecular complexity index is 757. The summed E-state index contributed by atoms with van der Waals surface area (Å²) in [6.07, 6.45) is 1.56. The van der Waals surface area contributed by atoms with Crippen LogP contribution in [0.1, 0.15) is 33.6 Å². The van der Waals surface area contributed by atoms with Crippen LogP contribution in [0.25, 0.3) is 0 Å². The van der Waals surface area contributed by atoms with Crippen LogP contribution in [0.15, 0.2) is 23.1 Å². The maximum absolute atomic E-state index is 12.9. The number of esters is 1. The molecule has 1 saturated carbocycles. The fraction of sp³-hybridized carbons (Fsp3) is 0.588. The topological polar surface area (TPSA) is 72.9 Å². The Labute approximate surface area is 164 Å². The zero-order valence-electron chi connectivity index (χ0n) is 15.0. The van der Waals surface area contributed by atoms with E-state index in [4.69, 9.17) is 32.7 Å². The minimum Gasteiger partial charge on any atom is -0.458 e. The predicted octanol–water partition coefficient (Wildman–Crippen LogP) is 3.50. The summed E-state index contributed by atoms with van der Waals surface area (Å²) in [5.41, 5.74) is -0.590. The molecular weight excluding hydrogens is 401 g/mol. The Morgan fingerprint density at radius 1 is 1.27 bits per heavy atom. The molecule has 0 atom stereocenters. The lowest BCUT2D eigenvalue weighted by Gasteiger charge is -2.23. The first-order valence-electron chi connectivity index (χ1n) is 8.28. The van der Waals surface area contributed by atoms with E-state index in [-0.39, 0.29) is 40.7 Å². The fourth-order valence-corrected chi connectivity index (χ4v) is 4.76. The molecule has 1 aliphatic rings. The third-order valence-corrected chi connectivity index (χ3v) is 6.48. The normalized spacial score (nSPS) is 15.3. The highest BCUT2D eigenvalue weighted by molar-refractivity contribution is 7.89. The van der Waals surface area contributed by atoms with E-state index in [9.17, 15) is 13.2 Å². The largest absolute Gasteiger partial charge is 0.458 e. The van der Waals surface area contributed by atoms with Crippen LogP contribution in [0.3, 0.4) is 0 Å². The van der Waals surface area contributed by atoms with Gasteiger partial charge in [-0.15, -0.1) is 0 Å². The van der Waals surface area contributed by atoms with Gasteiger partial charge in [0.1, 0.15) is 17.1 Å². The molecule has 0 spiro atoms. The van der Waals surface area contributed by atoms with E-state index in [0.29, 0.717) is 0 Å². The first-order chi connectivity index (χ1) is 12.0. The molecule has 0 N–H and O–H groups in total. The van der Waals surface area contributed by atoms with E-state index >= 15 is 0 Å². The number of carbonyl (C=O) groups excluding carboxylic acids is 1. The van der Waals surface area contributed by atoms with Gasteiger partial charge in [-0.3, -0.25) is 0 Å². The van der Waals surface area contributed by atoms with Crippen molar-refractivity contribution in [1.82, 2.24) is 4.31 Å². The summed E-state index contributed by atoms with van der Waals surface area (Å²) < 4.78 is 37.7. The number of hydrogen-bond acceptors (Lipinski definition) is 5. The zero-order valence-corrected chi connectivity index (χ0v) is 17.3. The standard InChI is InChI=1S/C17H23Cl2NO5S/c1-17(2,3)25-15(21)11-24-10-9-20(12-7-8-12)26(22,23)14-6-4-5-13(18)16(14)19/h4-6,12H,7-11H2,1-3H3. The molecule has 0 saturated heterocycles. The van der Waals surface area contributed by atoms with E-state index in [1.54, 1.807) is 26.8 Å². The van der Waals surface area contributed by atoms with Crippen molar-refractivity contribution in [1.29, 1.82) is 0 Å². The highest BCUT2D eigenvalue weighted by atomic mass is 35.5. The van der Waals surface area contributed by atoms with Crippen molar-refractivity contribution in [3.05, 3.63) is 28.2 Å². The lowest BCUT2D eigenvalue weighted by atomic mass is 10.2. The van der Waals surface area contributed by atoms with Gasteiger partial charge < -0.3 is 9.47 Å². The van der Waals surface area contributed by atoms with Gasteiger partial charge in [-0.25, -0.2) is 13.2 Å². The predicted molar refractivity (Wildman–Crippen MR) is 100 cm³/mol. The van der Waals surface area contributed by atoms with Crippen LogP contribution in [-0.2, 0) is 24.3 Å². The molecule has 26 heavy (non-hydrogen) atoms. The van der Waals surface area contributed by atoms with Crippen LogP contribution in [0.4, 0.5) is 0 Å². The SMILES string of the molecule is CC(C)(C)OC(=O)COCCN(C1CC1)S(=O)(=O)c1cccc(Cl)c1Cl. The van der Waals surface area contributed by atoms with Crippen LogP contribution >= 0.6 is 23.2 Å². The summed E-state index contributed by atoms with van der Waals surface area (Å²) in [6.45, 7) is 5.27. The fourth-order valence-electron chi connectivity index (χ4n) is 2.35. The molecule has 1 fully saturated rings.